The predicted octanol–water partition coefficient (Wildman–Crippen LogP) is 1.59. The van der Waals surface area contributed by atoms with Crippen LogP contribution in [-0.2, 0) is 4.79 Å². The molecule has 1 heterocycles. The van der Waals surface area contributed by atoms with E-state index >= 15 is 0 Å². The summed E-state index contributed by atoms with van der Waals surface area (Å²) in [6.45, 7) is 4.09. The van der Waals surface area contributed by atoms with Crippen LogP contribution in [0.3, 0.4) is 0 Å². The molecular weight excluding hydrogens is 274 g/mol. The van der Waals surface area contributed by atoms with Gasteiger partial charge in [-0.3, -0.25) is 9.59 Å². The molecule has 0 aliphatic carbocycles. The number of benzene rings is 1. The van der Waals surface area contributed by atoms with E-state index in [-0.39, 0.29) is 11.8 Å². The fourth-order valence-electron chi connectivity index (χ4n) is 1.79. The van der Waals surface area contributed by atoms with E-state index in [9.17, 15) is 9.59 Å². The van der Waals surface area contributed by atoms with Crippen LogP contribution in [0.15, 0.2) is 23.1 Å². The molecule has 0 saturated carbocycles. The minimum absolute atomic E-state index is 0.0175. The van der Waals surface area contributed by atoms with Gasteiger partial charge in [0.25, 0.3) is 5.91 Å². The Morgan fingerprint density at radius 2 is 2.25 bits per heavy atom. The molecule has 1 aliphatic rings. The van der Waals surface area contributed by atoms with Crippen LogP contribution in [0.5, 0.6) is 0 Å². The molecule has 2 rings (SSSR count). The van der Waals surface area contributed by atoms with Gasteiger partial charge in [0.15, 0.2) is 0 Å². The van der Waals surface area contributed by atoms with Crippen molar-refractivity contribution in [1.82, 2.24) is 5.32 Å². The molecule has 1 aliphatic heterocycles. The van der Waals surface area contributed by atoms with E-state index in [1.165, 1.54) is 0 Å². The van der Waals surface area contributed by atoms with Crippen molar-refractivity contribution in [2.45, 2.75) is 30.7 Å². The van der Waals surface area contributed by atoms with E-state index in [4.69, 9.17) is 5.73 Å². The highest BCUT2D eigenvalue weighted by Gasteiger charge is 2.21. The van der Waals surface area contributed by atoms with Crippen molar-refractivity contribution in [2.75, 3.05) is 17.6 Å². The standard InChI is InChI=1S/C14H19N3O2S/c1-14(2,8-15)17-13(19)9-3-4-11-10(7-9)16-12(18)5-6-20-11/h3-4,7H,5-6,8,15H2,1-2H3,(H,16,18)(H,17,19). The Balaban J connectivity index is 2.22. The summed E-state index contributed by atoms with van der Waals surface area (Å²) in [7, 11) is 0. The summed E-state index contributed by atoms with van der Waals surface area (Å²) < 4.78 is 0. The van der Waals surface area contributed by atoms with Gasteiger partial charge in [0.2, 0.25) is 5.91 Å². The fraction of sp³-hybridized carbons (Fsp3) is 0.429. The number of nitrogens with two attached hydrogens (primary N) is 1. The zero-order valence-corrected chi connectivity index (χ0v) is 12.5. The first-order valence-corrected chi connectivity index (χ1v) is 7.49. The average molecular weight is 293 g/mol. The highest BCUT2D eigenvalue weighted by molar-refractivity contribution is 7.99. The first-order valence-electron chi connectivity index (χ1n) is 6.50. The lowest BCUT2D eigenvalue weighted by Gasteiger charge is -2.24. The molecule has 108 valence electrons. The summed E-state index contributed by atoms with van der Waals surface area (Å²) in [5.41, 5.74) is 6.38. The maximum absolute atomic E-state index is 12.2. The summed E-state index contributed by atoms with van der Waals surface area (Å²) in [6.07, 6.45) is 0.487. The molecule has 0 radical (unpaired) electrons. The van der Waals surface area contributed by atoms with Crippen molar-refractivity contribution >= 4 is 29.3 Å². The lowest BCUT2D eigenvalue weighted by molar-refractivity contribution is -0.115. The molecule has 0 spiro atoms. The van der Waals surface area contributed by atoms with Gasteiger partial charge in [0.05, 0.1) is 5.69 Å². The fourth-order valence-corrected chi connectivity index (χ4v) is 2.73. The second-order valence-electron chi connectivity index (χ2n) is 5.40. The minimum Gasteiger partial charge on any atom is -0.346 e. The quantitative estimate of drug-likeness (QED) is 0.790. The molecule has 1 aromatic carbocycles. The van der Waals surface area contributed by atoms with Gasteiger partial charge < -0.3 is 16.4 Å². The van der Waals surface area contributed by atoms with E-state index in [0.717, 1.165) is 10.6 Å². The molecule has 4 N–H and O–H groups in total. The van der Waals surface area contributed by atoms with Crippen molar-refractivity contribution in [3.63, 3.8) is 0 Å². The third kappa shape index (κ3) is 3.52. The normalized spacial score (nSPS) is 15.1. The highest BCUT2D eigenvalue weighted by Crippen LogP contribution is 2.31. The topological polar surface area (TPSA) is 84.2 Å². The van der Waals surface area contributed by atoms with Gasteiger partial charge >= 0.3 is 0 Å². The van der Waals surface area contributed by atoms with Crippen LogP contribution in [0, 0.1) is 0 Å². The summed E-state index contributed by atoms with van der Waals surface area (Å²) in [4.78, 5) is 24.7. The zero-order chi connectivity index (χ0) is 14.8. The van der Waals surface area contributed by atoms with Crippen molar-refractivity contribution in [3.05, 3.63) is 23.8 Å². The molecule has 0 aromatic heterocycles. The molecular formula is C14H19N3O2S. The van der Waals surface area contributed by atoms with Gasteiger partial charge in [0, 0.05) is 34.7 Å². The smallest absolute Gasteiger partial charge is 0.251 e. The van der Waals surface area contributed by atoms with Gasteiger partial charge in [-0.2, -0.15) is 0 Å². The molecule has 0 atom stereocenters. The van der Waals surface area contributed by atoms with Crippen molar-refractivity contribution < 1.29 is 9.59 Å². The monoisotopic (exact) mass is 293 g/mol. The van der Waals surface area contributed by atoms with E-state index in [1.807, 2.05) is 19.9 Å². The molecule has 0 fully saturated rings. The van der Waals surface area contributed by atoms with Crippen molar-refractivity contribution in [2.24, 2.45) is 5.73 Å². The summed E-state index contributed by atoms with van der Waals surface area (Å²) in [5.74, 6) is 0.549. The third-order valence-corrected chi connectivity index (χ3v) is 4.14. The Kier molecular flexibility index (Phi) is 4.35. The number of thioether (sulfide) groups is 1. The Labute approximate surface area is 122 Å². The lowest BCUT2D eigenvalue weighted by atomic mass is 10.0. The maximum atomic E-state index is 12.2. The third-order valence-electron chi connectivity index (χ3n) is 3.06. The van der Waals surface area contributed by atoms with Gasteiger partial charge in [0.1, 0.15) is 0 Å². The van der Waals surface area contributed by atoms with Gasteiger partial charge in [-0.05, 0) is 32.0 Å². The summed E-state index contributed by atoms with van der Waals surface area (Å²) >= 11 is 1.62. The number of fused-ring (bicyclic) bond motifs is 1. The second kappa shape index (κ2) is 5.85. The van der Waals surface area contributed by atoms with Gasteiger partial charge in [-0.25, -0.2) is 0 Å². The zero-order valence-electron chi connectivity index (χ0n) is 11.7. The van der Waals surface area contributed by atoms with E-state index in [1.54, 1.807) is 23.9 Å². The minimum atomic E-state index is -0.456. The summed E-state index contributed by atoms with van der Waals surface area (Å²) in [6, 6.07) is 5.36. The average Bonchev–Trinajstić information content (AvgIpc) is 2.57. The maximum Gasteiger partial charge on any atom is 0.251 e. The van der Waals surface area contributed by atoms with Crippen LogP contribution >= 0.6 is 11.8 Å². The first-order chi connectivity index (χ1) is 9.41. The van der Waals surface area contributed by atoms with Gasteiger partial charge in [-0.1, -0.05) is 0 Å². The number of carbonyl (C=O) groups excluding carboxylic acids is 2. The first kappa shape index (κ1) is 14.9. The molecule has 0 unspecified atom stereocenters. The van der Waals surface area contributed by atoms with E-state index < -0.39 is 5.54 Å². The molecule has 20 heavy (non-hydrogen) atoms. The van der Waals surface area contributed by atoms with Crippen molar-refractivity contribution in [3.8, 4) is 0 Å². The molecule has 0 bridgehead atoms. The SMILES string of the molecule is CC(C)(CN)NC(=O)c1ccc2c(c1)NC(=O)CCS2. The Hall–Kier alpha value is -1.53. The number of rotatable bonds is 3. The molecule has 5 nitrogen and oxygen atoms in total. The van der Waals surface area contributed by atoms with Crippen LogP contribution in [0.25, 0.3) is 0 Å². The second-order valence-corrected chi connectivity index (χ2v) is 6.54. The van der Waals surface area contributed by atoms with E-state index in [2.05, 4.69) is 10.6 Å². The van der Waals surface area contributed by atoms with E-state index in [0.29, 0.717) is 24.2 Å². The largest absolute Gasteiger partial charge is 0.346 e. The van der Waals surface area contributed by atoms with Gasteiger partial charge in [-0.15, -0.1) is 11.8 Å². The van der Waals surface area contributed by atoms with Crippen LogP contribution in [0.1, 0.15) is 30.6 Å². The lowest BCUT2D eigenvalue weighted by Crippen LogP contribution is -2.48. The van der Waals surface area contributed by atoms with Crippen LogP contribution in [-0.4, -0.2) is 29.7 Å². The number of hydrogen-bond donors (Lipinski definition) is 3. The van der Waals surface area contributed by atoms with Crippen LogP contribution in [0.4, 0.5) is 5.69 Å². The Morgan fingerprint density at radius 1 is 1.50 bits per heavy atom. The number of nitrogens with one attached hydrogen (secondary N) is 2. The molecule has 2 amide bonds. The molecule has 0 saturated heterocycles. The molecule has 1 aromatic rings. The number of amides is 2. The highest BCUT2D eigenvalue weighted by atomic mass is 32.2. The predicted molar refractivity (Wildman–Crippen MR) is 81.0 cm³/mol. The van der Waals surface area contributed by atoms with Crippen LogP contribution < -0.4 is 16.4 Å². The van der Waals surface area contributed by atoms with Crippen molar-refractivity contribution in [1.29, 1.82) is 0 Å². The Bertz CT molecular complexity index is 543. The number of hydrogen-bond acceptors (Lipinski definition) is 4. The number of carbonyl (C=O) groups is 2. The molecule has 6 heteroatoms. The van der Waals surface area contributed by atoms with Crippen LogP contribution in [0.2, 0.25) is 0 Å². The Morgan fingerprint density at radius 3 is 2.95 bits per heavy atom. The number of anilines is 1. The summed E-state index contributed by atoms with van der Waals surface area (Å²) in [5, 5.41) is 5.70.